The zero-order valence-electron chi connectivity index (χ0n) is 59.2. The Kier molecular flexibility index (Phi) is 26.2. The van der Waals surface area contributed by atoms with Crippen molar-refractivity contribution in [2.45, 2.75) is 217 Å². The lowest BCUT2D eigenvalue weighted by atomic mass is 9.91. The van der Waals surface area contributed by atoms with Gasteiger partial charge in [-0.15, -0.1) is 0 Å². The summed E-state index contributed by atoms with van der Waals surface area (Å²) in [5, 5.41) is 7.94. The van der Waals surface area contributed by atoms with Crippen LogP contribution in [0.15, 0.2) is 42.5 Å². The van der Waals surface area contributed by atoms with Gasteiger partial charge in [-0.1, -0.05) is 76.8 Å². The number of alkyl halides is 3. The number of hydrogen-bond acceptors (Lipinski definition) is 12. The number of rotatable bonds is 9. The van der Waals surface area contributed by atoms with Crippen molar-refractivity contribution in [1.82, 2.24) is 60.0 Å². The summed E-state index contributed by atoms with van der Waals surface area (Å²) in [6, 6.07) is -4.93. The van der Waals surface area contributed by atoms with E-state index in [1.807, 2.05) is 0 Å². The van der Waals surface area contributed by atoms with Crippen molar-refractivity contribution in [1.29, 1.82) is 0 Å². The third kappa shape index (κ3) is 17.6. The first kappa shape index (κ1) is 78.4. The van der Waals surface area contributed by atoms with Gasteiger partial charge >= 0.3 is 6.18 Å². The molecule has 29 heteroatoms. The van der Waals surface area contributed by atoms with Crippen LogP contribution >= 0.6 is 11.6 Å². The van der Waals surface area contributed by atoms with E-state index >= 15 is 24.0 Å². The lowest BCUT2D eigenvalue weighted by molar-refractivity contribution is -0.160. The van der Waals surface area contributed by atoms with Gasteiger partial charge in [-0.05, 0) is 132 Å². The first-order chi connectivity index (χ1) is 46.5. The number of halogens is 5. The average molecular weight is 1410 g/mol. The fraction of sp³-hybridized carbons (Fsp3) is 0.657. The van der Waals surface area contributed by atoms with Gasteiger partial charge in [-0.3, -0.25) is 57.5 Å². The van der Waals surface area contributed by atoms with Crippen LogP contribution in [0.4, 0.5) is 17.6 Å². The normalized spacial score (nSPS) is 27.5. The van der Waals surface area contributed by atoms with Gasteiger partial charge in [-0.25, -0.2) is 4.39 Å². The zero-order chi connectivity index (χ0) is 73.4. The van der Waals surface area contributed by atoms with Crippen LogP contribution in [0.25, 0.3) is 0 Å². The lowest BCUT2D eigenvalue weighted by Gasteiger charge is -2.45. The molecule has 2 aromatic rings. The number of amides is 12. The van der Waals surface area contributed by atoms with Crippen LogP contribution in [0.3, 0.4) is 0 Å². The second-order valence-corrected chi connectivity index (χ2v) is 28.4. The van der Waals surface area contributed by atoms with Gasteiger partial charge in [0.1, 0.15) is 71.8 Å². The first-order valence-electron chi connectivity index (χ1n) is 34.5. The van der Waals surface area contributed by atoms with Crippen molar-refractivity contribution < 1.29 is 75.1 Å². The predicted octanol–water partition coefficient (Wildman–Crippen LogP) is 4.80. The Morgan fingerprint density at radius 2 is 1.19 bits per heavy atom. The molecule has 2 aromatic carbocycles. The summed E-state index contributed by atoms with van der Waals surface area (Å²) < 4.78 is 56.0. The van der Waals surface area contributed by atoms with Crippen molar-refractivity contribution in [2.75, 3.05) is 68.5 Å². The van der Waals surface area contributed by atoms with Crippen molar-refractivity contribution in [2.24, 2.45) is 11.8 Å². The second kappa shape index (κ2) is 33.0. The standard InChI is InChI=1S/C70H99ClF4N12O12/c1-14-41(4)56-66(97)81(10)44(7)61(92)87-36-30-52(87)63(94)82(11)53(38-46-22-26-47(72)27-23-46)64(95)80(9)43(6)58(89)76-50(29-25-45-24-28-48(49(71)37-45)70(73,74)75)62(93)86-35-20-21-51(86)60(91)78-69(31-16-17-32-69)68(99)84(13)57(40(2)3)67(98)83(12)54(65(96)85-33-18-15-19-34-85)39-55(88)79(8)42(5)59(90)77-56/h22-24,26-28,37,40-44,50-54,56-57H,14-21,25,29-36,38-39H2,1-13H3,(H,76,89)(H,77,90)(H,78,91)/t41-,42-,43+,44-,50-,51-,52-,53-,54-,56-,57-/m0/s1. The summed E-state index contributed by atoms with van der Waals surface area (Å²) in [6.07, 6.45) is -1.67. The van der Waals surface area contributed by atoms with E-state index < -0.39 is 178 Å². The predicted molar refractivity (Wildman–Crippen MR) is 359 cm³/mol. The largest absolute Gasteiger partial charge is 0.417 e. The number of nitrogens with zero attached hydrogens (tertiary/aromatic N) is 9. The minimum atomic E-state index is -4.79. The summed E-state index contributed by atoms with van der Waals surface area (Å²) >= 11 is 6.14. The highest BCUT2D eigenvalue weighted by Crippen LogP contribution is 2.37. The molecule has 7 rings (SSSR count). The van der Waals surface area contributed by atoms with E-state index in [4.69, 9.17) is 11.6 Å². The van der Waals surface area contributed by atoms with Crippen LogP contribution < -0.4 is 16.0 Å². The molecule has 1 saturated carbocycles. The Labute approximate surface area is 582 Å². The van der Waals surface area contributed by atoms with Gasteiger partial charge in [0.05, 0.1) is 17.0 Å². The monoisotopic (exact) mass is 1410 g/mol. The summed E-state index contributed by atoms with van der Waals surface area (Å²) in [7, 11) is 8.18. The molecule has 4 aliphatic heterocycles. The molecule has 4 saturated heterocycles. The SMILES string of the molecule is CC[C@H](C)[C@@H]1NC(=O)[C@H](C)N(C)C(=O)C[C@@H](C(=O)N2CCCCC2)N(C)C(=O)[C@H](C(C)C)N(C)C(=O)C2(CCCC2)NC(=O)[C@@H]2CCCN2C(=O)[C@H](CCc2ccc(C(F)(F)F)c(Cl)c2)NC(=O)[C@@H](C)N(C)C(=O)[C@H](Cc2ccc(F)cc2)N(C)C(=O)[C@@H]2CCN2C(=O)[C@H](C)N(C)C1=O. The fourth-order valence-electron chi connectivity index (χ4n) is 14.0. The number of likely N-dealkylation sites (N-methyl/N-ethyl adjacent to an activating group) is 6. The molecule has 546 valence electrons. The van der Waals surface area contributed by atoms with E-state index in [-0.39, 0.29) is 70.0 Å². The minimum absolute atomic E-state index is 0.00987. The molecule has 0 aromatic heterocycles. The zero-order valence-corrected chi connectivity index (χ0v) is 60.0. The van der Waals surface area contributed by atoms with E-state index in [9.17, 15) is 51.1 Å². The number of hydrogen-bond donors (Lipinski definition) is 3. The summed E-state index contributed by atoms with van der Waals surface area (Å²) in [5.41, 5.74) is -2.04. The molecule has 0 unspecified atom stereocenters. The number of fused-ring (bicyclic) bond motifs is 2. The number of benzene rings is 2. The quantitative estimate of drug-likeness (QED) is 0.286. The van der Waals surface area contributed by atoms with Crippen LogP contribution in [0.2, 0.25) is 5.02 Å². The molecule has 0 radical (unpaired) electrons. The van der Waals surface area contributed by atoms with Gasteiger partial charge in [0, 0.05) is 74.9 Å². The maximum Gasteiger partial charge on any atom is 0.417 e. The summed E-state index contributed by atoms with van der Waals surface area (Å²) in [5.74, 6) is -10.2. The third-order valence-electron chi connectivity index (χ3n) is 21.3. The minimum Gasteiger partial charge on any atom is -0.343 e. The Hall–Kier alpha value is -7.91. The van der Waals surface area contributed by atoms with Crippen LogP contribution in [-0.4, -0.2) is 249 Å². The molecule has 3 N–H and O–H groups in total. The molecule has 24 nitrogen and oxygen atoms in total. The maximum atomic E-state index is 15.4. The molecule has 1 aliphatic carbocycles. The Morgan fingerprint density at radius 1 is 0.606 bits per heavy atom. The Balaban J connectivity index is 1.29. The number of carbonyl (C=O) groups is 12. The number of carbonyl (C=O) groups excluding carboxylic acids is 12. The van der Waals surface area contributed by atoms with E-state index in [2.05, 4.69) is 16.0 Å². The van der Waals surface area contributed by atoms with Crippen LogP contribution in [0.1, 0.15) is 149 Å². The maximum absolute atomic E-state index is 15.4. The van der Waals surface area contributed by atoms with Crippen molar-refractivity contribution in [3.63, 3.8) is 0 Å². The highest BCUT2D eigenvalue weighted by molar-refractivity contribution is 6.31. The van der Waals surface area contributed by atoms with Gasteiger partial charge in [-0.2, -0.15) is 13.2 Å². The van der Waals surface area contributed by atoms with Gasteiger partial charge in [0.25, 0.3) is 0 Å². The topological polar surface area (TPSA) is 270 Å². The highest BCUT2D eigenvalue weighted by Gasteiger charge is 2.51. The molecule has 12 amide bonds. The van der Waals surface area contributed by atoms with Crippen LogP contribution in [0, 0.1) is 17.7 Å². The molecule has 4 heterocycles. The van der Waals surface area contributed by atoms with Crippen LogP contribution in [0.5, 0.6) is 0 Å². The van der Waals surface area contributed by atoms with Gasteiger partial charge < -0.3 is 60.0 Å². The molecule has 11 atom stereocenters. The van der Waals surface area contributed by atoms with Crippen LogP contribution in [-0.2, 0) is 76.6 Å². The average Bonchev–Trinajstić information content (AvgIpc) is 1.77. The molecule has 0 bridgehead atoms. The number of likely N-dealkylation sites (tertiary alicyclic amines) is 1. The summed E-state index contributed by atoms with van der Waals surface area (Å²) in [6.45, 7) is 12.0. The third-order valence-corrected chi connectivity index (χ3v) is 21.6. The smallest absolute Gasteiger partial charge is 0.343 e. The Morgan fingerprint density at radius 3 is 1.77 bits per heavy atom. The molecule has 1 spiro atoms. The molecule has 5 aliphatic rings. The first-order valence-corrected chi connectivity index (χ1v) is 34.9. The van der Waals surface area contributed by atoms with Gasteiger partial charge in [0.15, 0.2) is 0 Å². The van der Waals surface area contributed by atoms with E-state index in [0.29, 0.717) is 50.8 Å². The highest BCUT2D eigenvalue weighted by atomic mass is 35.5. The second-order valence-electron chi connectivity index (χ2n) is 28.0. The fourth-order valence-corrected chi connectivity index (χ4v) is 14.4. The number of nitrogens with one attached hydrogen (secondary N) is 3. The van der Waals surface area contributed by atoms with E-state index in [1.54, 1.807) is 32.6 Å². The molecule has 5 fully saturated rings. The van der Waals surface area contributed by atoms with Gasteiger partial charge in [0.2, 0.25) is 70.9 Å². The molecular formula is C70H99ClF4N12O12. The number of aryl methyl sites for hydroxylation is 1. The summed E-state index contributed by atoms with van der Waals surface area (Å²) in [4.78, 5) is 190. The van der Waals surface area contributed by atoms with Crippen molar-refractivity contribution >= 4 is 82.5 Å². The van der Waals surface area contributed by atoms with E-state index in [1.165, 1.54) is 108 Å². The van der Waals surface area contributed by atoms with Crippen molar-refractivity contribution in [3.05, 3.63) is 70.0 Å². The molecule has 99 heavy (non-hydrogen) atoms. The number of piperidine rings is 1. The molecular weight excluding hydrogens is 1310 g/mol. The lowest BCUT2D eigenvalue weighted by Crippen LogP contribution is -2.65. The Bertz CT molecular complexity index is 3350. The van der Waals surface area contributed by atoms with Crippen molar-refractivity contribution in [3.8, 4) is 0 Å². The van der Waals surface area contributed by atoms with E-state index in [0.717, 1.165) is 43.1 Å².